The van der Waals surface area contributed by atoms with Crippen molar-refractivity contribution in [2.24, 2.45) is 11.1 Å². The number of nitrogens with zero attached hydrogens (tertiary/aromatic N) is 1. The summed E-state index contributed by atoms with van der Waals surface area (Å²) >= 11 is 0. The molecule has 1 heterocycles. The molecule has 0 spiro atoms. The van der Waals surface area contributed by atoms with E-state index < -0.39 is 0 Å². The van der Waals surface area contributed by atoms with E-state index in [1.165, 1.54) is 44.9 Å². The van der Waals surface area contributed by atoms with Crippen LogP contribution in [-0.2, 0) is 4.84 Å². The number of hydrogen-bond donors (Lipinski definition) is 1. The lowest BCUT2D eigenvalue weighted by atomic mass is 9.99. The van der Waals surface area contributed by atoms with Gasteiger partial charge in [0.1, 0.15) is 6.61 Å². The third-order valence-electron chi connectivity index (χ3n) is 3.19. The molecule has 0 amide bonds. The maximum atomic E-state index is 9.08. The SMILES string of the molecule is CCCCCCCCCC1=NOCC1CO. The van der Waals surface area contributed by atoms with Crippen LogP contribution in [0, 0.1) is 5.92 Å². The molecule has 1 N–H and O–H groups in total. The highest BCUT2D eigenvalue weighted by Gasteiger charge is 2.21. The molecule has 1 aliphatic heterocycles. The minimum absolute atomic E-state index is 0.167. The Morgan fingerprint density at radius 1 is 1.19 bits per heavy atom. The Balaban J connectivity index is 1.95. The van der Waals surface area contributed by atoms with Crippen LogP contribution in [0.2, 0.25) is 0 Å². The predicted octanol–water partition coefficient (Wildman–Crippen LogP) is 3.12. The summed E-state index contributed by atoms with van der Waals surface area (Å²) in [6.45, 7) is 2.99. The maximum Gasteiger partial charge on any atom is 0.127 e. The molecule has 0 saturated carbocycles. The van der Waals surface area contributed by atoms with Gasteiger partial charge in [-0.2, -0.15) is 0 Å². The first-order valence-corrected chi connectivity index (χ1v) is 6.68. The molecule has 3 nitrogen and oxygen atoms in total. The van der Waals surface area contributed by atoms with E-state index in [0.29, 0.717) is 6.61 Å². The van der Waals surface area contributed by atoms with Gasteiger partial charge < -0.3 is 9.94 Å². The van der Waals surface area contributed by atoms with Gasteiger partial charge in [-0.3, -0.25) is 0 Å². The molecule has 1 atom stereocenters. The zero-order valence-corrected chi connectivity index (χ0v) is 10.5. The van der Waals surface area contributed by atoms with Gasteiger partial charge in [-0.15, -0.1) is 0 Å². The van der Waals surface area contributed by atoms with E-state index in [0.717, 1.165) is 12.1 Å². The number of unbranched alkanes of at least 4 members (excludes halogenated alkanes) is 6. The predicted molar refractivity (Wildman–Crippen MR) is 66.6 cm³/mol. The summed E-state index contributed by atoms with van der Waals surface area (Å²) in [6.07, 6.45) is 10.2. The Kier molecular flexibility index (Phi) is 7.23. The van der Waals surface area contributed by atoms with Gasteiger partial charge in [0.25, 0.3) is 0 Å². The number of aliphatic hydroxyl groups excluding tert-OH is 1. The summed E-state index contributed by atoms with van der Waals surface area (Å²) in [6, 6.07) is 0. The Morgan fingerprint density at radius 2 is 1.88 bits per heavy atom. The summed E-state index contributed by atoms with van der Waals surface area (Å²) in [5.74, 6) is 0.167. The van der Waals surface area contributed by atoms with Gasteiger partial charge in [0.2, 0.25) is 0 Å². The smallest absolute Gasteiger partial charge is 0.127 e. The first-order valence-electron chi connectivity index (χ1n) is 6.68. The van der Waals surface area contributed by atoms with Crippen LogP contribution < -0.4 is 0 Å². The van der Waals surface area contributed by atoms with E-state index in [2.05, 4.69) is 12.1 Å². The lowest BCUT2D eigenvalue weighted by molar-refractivity contribution is 0.132. The van der Waals surface area contributed by atoms with Gasteiger partial charge in [0.05, 0.1) is 18.2 Å². The quantitative estimate of drug-likeness (QED) is 0.615. The lowest BCUT2D eigenvalue weighted by Crippen LogP contribution is -2.17. The number of aliphatic hydroxyl groups is 1. The van der Waals surface area contributed by atoms with Crippen LogP contribution in [0.25, 0.3) is 0 Å². The molecule has 0 aromatic carbocycles. The van der Waals surface area contributed by atoms with Crippen molar-refractivity contribution < 1.29 is 9.94 Å². The van der Waals surface area contributed by atoms with E-state index in [4.69, 9.17) is 9.94 Å². The molecule has 0 bridgehead atoms. The Labute approximate surface area is 98.9 Å². The fraction of sp³-hybridized carbons (Fsp3) is 0.923. The van der Waals surface area contributed by atoms with Crippen LogP contribution in [-0.4, -0.2) is 24.0 Å². The Hall–Kier alpha value is -0.570. The number of oxime groups is 1. The van der Waals surface area contributed by atoms with E-state index in [-0.39, 0.29) is 12.5 Å². The molecule has 3 heteroatoms. The zero-order valence-electron chi connectivity index (χ0n) is 10.5. The van der Waals surface area contributed by atoms with Crippen LogP contribution in [0.5, 0.6) is 0 Å². The summed E-state index contributed by atoms with van der Waals surface area (Å²) < 4.78 is 0. The molecule has 1 rings (SSSR count). The number of hydrogen-bond acceptors (Lipinski definition) is 3. The van der Waals surface area contributed by atoms with Crippen molar-refractivity contribution in [3.05, 3.63) is 0 Å². The van der Waals surface area contributed by atoms with Crippen molar-refractivity contribution in [2.75, 3.05) is 13.2 Å². The maximum absolute atomic E-state index is 9.08. The highest BCUT2D eigenvalue weighted by Crippen LogP contribution is 2.16. The van der Waals surface area contributed by atoms with Crippen molar-refractivity contribution in [3.8, 4) is 0 Å². The van der Waals surface area contributed by atoms with Crippen molar-refractivity contribution in [1.82, 2.24) is 0 Å². The second-order valence-electron chi connectivity index (χ2n) is 4.63. The molecule has 1 unspecified atom stereocenters. The minimum Gasteiger partial charge on any atom is -0.396 e. The van der Waals surface area contributed by atoms with Gasteiger partial charge in [0.15, 0.2) is 0 Å². The molecule has 0 aromatic rings. The molecule has 0 radical (unpaired) electrons. The first kappa shape index (κ1) is 13.5. The fourth-order valence-corrected chi connectivity index (χ4v) is 2.05. The third kappa shape index (κ3) is 4.97. The molecule has 0 fully saturated rings. The first-order chi connectivity index (χ1) is 7.88. The summed E-state index contributed by atoms with van der Waals surface area (Å²) in [7, 11) is 0. The summed E-state index contributed by atoms with van der Waals surface area (Å²) in [5.41, 5.74) is 1.07. The van der Waals surface area contributed by atoms with Crippen LogP contribution >= 0.6 is 0 Å². The highest BCUT2D eigenvalue weighted by atomic mass is 16.6. The molecule has 0 saturated heterocycles. The molecule has 0 aliphatic carbocycles. The molecule has 16 heavy (non-hydrogen) atoms. The van der Waals surface area contributed by atoms with E-state index in [1.54, 1.807) is 0 Å². The molecular formula is C13H25NO2. The fourth-order valence-electron chi connectivity index (χ4n) is 2.05. The molecule has 0 aromatic heterocycles. The van der Waals surface area contributed by atoms with E-state index in [1.807, 2.05) is 0 Å². The third-order valence-corrected chi connectivity index (χ3v) is 3.19. The van der Waals surface area contributed by atoms with Gasteiger partial charge in [-0.1, -0.05) is 50.6 Å². The van der Waals surface area contributed by atoms with Gasteiger partial charge in [-0.05, 0) is 12.8 Å². The van der Waals surface area contributed by atoms with E-state index in [9.17, 15) is 0 Å². The highest BCUT2D eigenvalue weighted by molar-refractivity contribution is 5.87. The summed E-state index contributed by atoms with van der Waals surface area (Å²) in [4.78, 5) is 5.00. The van der Waals surface area contributed by atoms with Gasteiger partial charge >= 0.3 is 0 Å². The van der Waals surface area contributed by atoms with E-state index >= 15 is 0 Å². The van der Waals surface area contributed by atoms with Crippen LogP contribution in [0.1, 0.15) is 58.3 Å². The molecule has 94 valence electrons. The van der Waals surface area contributed by atoms with Gasteiger partial charge in [-0.25, -0.2) is 0 Å². The Bertz CT molecular complexity index is 204. The minimum atomic E-state index is 0.167. The van der Waals surface area contributed by atoms with Crippen LogP contribution in [0.15, 0.2) is 5.16 Å². The zero-order chi connectivity index (χ0) is 11.6. The monoisotopic (exact) mass is 227 g/mol. The molecule has 1 aliphatic rings. The Morgan fingerprint density at radius 3 is 2.56 bits per heavy atom. The van der Waals surface area contributed by atoms with Crippen molar-refractivity contribution >= 4 is 5.71 Å². The largest absolute Gasteiger partial charge is 0.396 e. The topological polar surface area (TPSA) is 41.8 Å². The van der Waals surface area contributed by atoms with Gasteiger partial charge in [0, 0.05) is 0 Å². The van der Waals surface area contributed by atoms with Crippen LogP contribution in [0.3, 0.4) is 0 Å². The van der Waals surface area contributed by atoms with Crippen molar-refractivity contribution in [1.29, 1.82) is 0 Å². The van der Waals surface area contributed by atoms with Crippen molar-refractivity contribution in [2.45, 2.75) is 58.3 Å². The normalized spacial score (nSPS) is 19.6. The number of rotatable bonds is 9. The second kappa shape index (κ2) is 8.57. The van der Waals surface area contributed by atoms with Crippen molar-refractivity contribution in [3.63, 3.8) is 0 Å². The standard InChI is InChI=1S/C13H25NO2/c1-2-3-4-5-6-7-8-9-13-12(10-15)11-16-14-13/h12,15H,2-11H2,1H3. The average molecular weight is 227 g/mol. The summed E-state index contributed by atoms with van der Waals surface area (Å²) in [5, 5.41) is 13.1. The van der Waals surface area contributed by atoms with Crippen LogP contribution in [0.4, 0.5) is 0 Å². The lowest BCUT2D eigenvalue weighted by Gasteiger charge is -2.06. The second-order valence-corrected chi connectivity index (χ2v) is 4.63. The average Bonchev–Trinajstić information content (AvgIpc) is 2.75. The molecular weight excluding hydrogens is 202 g/mol.